The number of benzene rings is 1. The van der Waals surface area contributed by atoms with Gasteiger partial charge in [-0.05, 0) is 30.5 Å². The Kier molecular flexibility index (Phi) is 12.0. The number of guanidine groups is 1. The molecule has 0 amide bonds. The normalized spacial score (nSPS) is 16.3. The molecule has 0 aliphatic carbocycles. The van der Waals surface area contributed by atoms with Crippen LogP contribution in [0.3, 0.4) is 0 Å². The number of rotatable bonds is 8. The third-order valence-corrected chi connectivity index (χ3v) is 4.88. The van der Waals surface area contributed by atoms with Gasteiger partial charge in [0.25, 0.3) is 0 Å². The number of hydrogen-bond acceptors (Lipinski definition) is 3. The number of aliphatic imine (C=N–C) groups is 1. The van der Waals surface area contributed by atoms with Gasteiger partial charge >= 0.3 is 0 Å². The van der Waals surface area contributed by atoms with Crippen LogP contribution in [-0.2, 0) is 4.74 Å². The van der Waals surface area contributed by atoms with Crippen LogP contribution in [0.5, 0.6) is 0 Å². The van der Waals surface area contributed by atoms with Crippen LogP contribution in [0, 0.1) is 0 Å². The maximum atomic E-state index is 6.24. The van der Waals surface area contributed by atoms with Crippen molar-refractivity contribution in [2.45, 2.75) is 18.9 Å². The van der Waals surface area contributed by atoms with Crippen molar-refractivity contribution in [1.29, 1.82) is 0 Å². The van der Waals surface area contributed by atoms with Crippen molar-refractivity contribution in [2.24, 2.45) is 4.99 Å². The minimum atomic E-state index is 0. The molecule has 1 aliphatic heterocycles. The quantitative estimate of drug-likeness (QED) is 0.191. The topological polar surface area (TPSA) is 40.1 Å². The smallest absolute Gasteiger partial charge is 0.193 e. The summed E-state index contributed by atoms with van der Waals surface area (Å²) < 4.78 is 5.52. The minimum absolute atomic E-state index is 0. The molecule has 152 valence electrons. The molecular weight excluding hydrogens is 475 g/mol. The zero-order valence-electron chi connectivity index (χ0n) is 16.4. The van der Waals surface area contributed by atoms with E-state index >= 15 is 0 Å². The third-order valence-electron chi connectivity index (χ3n) is 4.65. The molecule has 0 saturated carbocycles. The molecule has 1 aromatic carbocycles. The number of nitrogens with zero attached hydrogens (tertiary/aromatic N) is 3. The SMILES string of the molecule is C=CCCCN(C)C(=NC)NCC(c1cccc(Cl)c1)N1CCOCC1.I. The molecule has 1 aromatic rings. The second kappa shape index (κ2) is 13.4. The van der Waals surface area contributed by atoms with Gasteiger partial charge in [-0.25, -0.2) is 0 Å². The summed E-state index contributed by atoms with van der Waals surface area (Å²) in [7, 11) is 3.90. The highest BCUT2D eigenvalue weighted by molar-refractivity contribution is 14.0. The Bertz CT molecular complexity index is 593. The van der Waals surface area contributed by atoms with Gasteiger partial charge in [0.15, 0.2) is 5.96 Å². The van der Waals surface area contributed by atoms with E-state index in [-0.39, 0.29) is 30.0 Å². The fraction of sp³-hybridized carbons (Fsp3) is 0.550. The van der Waals surface area contributed by atoms with E-state index in [0.717, 1.165) is 63.2 Å². The largest absolute Gasteiger partial charge is 0.379 e. The van der Waals surface area contributed by atoms with Crippen molar-refractivity contribution in [3.05, 3.63) is 47.5 Å². The van der Waals surface area contributed by atoms with Crippen molar-refractivity contribution in [3.8, 4) is 0 Å². The zero-order valence-corrected chi connectivity index (χ0v) is 19.5. The molecule has 1 unspecified atom stereocenters. The van der Waals surface area contributed by atoms with E-state index in [0.29, 0.717) is 0 Å². The van der Waals surface area contributed by atoms with E-state index in [2.05, 4.69) is 45.9 Å². The van der Waals surface area contributed by atoms with E-state index in [4.69, 9.17) is 16.3 Å². The summed E-state index contributed by atoms with van der Waals surface area (Å²) in [5.74, 6) is 0.911. The van der Waals surface area contributed by atoms with E-state index < -0.39 is 0 Å². The average molecular weight is 507 g/mol. The first-order chi connectivity index (χ1) is 12.7. The molecule has 2 rings (SSSR count). The highest BCUT2D eigenvalue weighted by Crippen LogP contribution is 2.24. The zero-order chi connectivity index (χ0) is 18.8. The van der Waals surface area contributed by atoms with Crippen LogP contribution in [0.1, 0.15) is 24.4 Å². The summed E-state index contributed by atoms with van der Waals surface area (Å²) in [6, 6.07) is 8.36. The van der Waals surface area contributed by atoms with Crippen molar-refractivity contribution in [1.82, 2.24) is 15.1 Å². The number of unbranched alkanes of at least 4 members (excludes halogenated alkanes) is 1. The molecule has 1 aliphatic rings. The number of morpholine rings is 1. The summed E-state index contributed by atoms with van der Waals surface area (Å²) in [6.45, 7) is 8.90. The number of ether oxygens (including phenoxy) is 1. The number of nitrogens with one attached hydrogen (secondary N) is 1. The van der Waals surface area contributed by atoms with Crippen LogP contribution in [0.15, 0.2) is 41.9 Å². The van der Waals surface area contributed by atoms with E-state index in [1.54, 1.807) is 0 Å². The molecule has 0 aromatic heterocycles. The molecule has 0 radical (unpaired) electrons. The molecule has 1 heterocycles. The number of allylic oxidation sites excluding steroid dienone is 1. The van der Waals surface area contributed by atoms with Crippen LogP contribution < -0.4 is 5.32 Å². The van der Waals surface area contributed by atoms with E-state index in [1.807, 2.05) is 25.3 Å². The average Bonchev–Trinajstić information content (AvgIpc) is 2.66. The first kappa shape index (κ1) is 24.2. The summed E-state index contributed by atoms with van der Waals surface area (Å²) in [6.07, 6.45) is 4.04. The molecule has 1 N–H and O–H groups in total. The predicted molar refractivity (Wildman–Crippen MR) is 125 cm³/mol. The lowest BCUT2D eigenvalue weighted by molar-refractivity contribution is 0.0169. The monoisotopic (exact) mass is 506 g/mol. The lowest BCUT2D eigenvalue weighted by Crippen LogP contribution is -2.46. The van der Waals surface area contributed by atoms with Gasteiger partial charge in [0, 0.05) is 45.3 Å². The molecule has 1 saturated heterocycles. The van der Waals surface area contributed by atoms with Gasteiger partial charge in [-0.1, -0.05) is 29.8 Å². The Labute approximate surface area is 185 Å². The lowest BCUT2D eigenvalue weighted by Gasteiger charge is -2.35. The summed E-state index contributed by atoms with van der Waals surface area (Å²) in [5.41, 5.74) is 1.22. The Morgan fingerprint density at radius 2 is 2.19 bits per heavy atom. The highest BCUT2D eigenvalue weighted by Gasteiger charge is 2.23. The van der Waals surface area contributed by atoms with Gasteiger partial charge in [-0.2, -0.15) is 0 Å². The molecule has 0 spiro atoms. The van der Waals surface area contributed by atoms with Gasteiger partial charge in [0.1, 0.15) is 0 Å². The second-order valence-corrected chi connectivity index (χ2v) is 6.94. The Morgan fingerprint density at radius 3 is 2.81 bits per heavy atom. The predicted octanol–water partition coefficient (Wildman–Crippen LogP) is 3.80. The molecule has 1 atom stereocenters. The molecule has 0 bridgehead atoms. The van der Waals surface area contributed by atoms with Gasteiger partial charge < -0.3 is 15.0 Å². The van der Waals surface area contributed by atoms with Crippen molar-refractivity contribution in [3.63, 3.8) is 0 Å². The fourth-order valence-electron chi connectivity index (χ4n) is 3.21. The number of halogens is 2. The lowest BCUT2D eigenvalue weighted by atomic mass is 10.0. The van der Waals surface area contributed by atoms with E-state index in [9.17, 15) is 0 Å². The van der Waals surface area contributed by atoms with Gasteiger partial charge in [-0.15, -0.1) is 30.6 Å². The molecule has 5 nitrogen and oxygen atoms in total. The van der Waals surface area contributed by atoms with Crippen LogP contribution in [-0.4, -0.2) is 69.2 Å². The van der Waals surface area contributed by atoms with Crippen LogP contribution in [0.4, 0.5) is 0 Å². The first-order valence-corrected chi connectivity index (χ1v) is 9.63. The summed E-state index contributed by atoms with van der Waals surface area (Å²) in [4.78, 5) is 9.05. The van der Waals surface area contributed by atoms with Crippen LogP contribution >= 0.6 is 35.6 Å². The van der Waals surface area contributed by atoms with Crippen LogP contribution in [0.2, 0.25) is 5.02 Å². The Morgan fingerprint density at radius 1 is 1.44 bits per heavy atom. The van der Waals surface area contributed by atoms with E-state index in [1.165, 1.54) is 5.56 Å². The molecular formula is C20H32ClIN4O. The Hall–Kier alpha value is -0.830. The second-order valence-electron chi connectivity index (χ2n) is 6.50. The Balaban J connectivity index is 0.00000364. The third kappa shape index (κ3) is 7.97. The molecule has 1 fully saturated rings. The van der Waals surface area contributed by atoms with Crippen molar-refractivity contribution >= 4 is 41.5 Å². The summed E-state index contributed by atoms with van der Waals surface area (Å²) >= 11 is 6.24. The van der Waals surface area contributed by atoms with Crippen LogP contribution in [0.25, 0.3) is 0 Å². The standard InChI is InChI=1S/C20H31ClN4O.HI/c1-4-5-6-10-24(3)20(22-2)23-16-19(25-11-13-26-14-12-25)17-8-7-9-18(21)15-17;/h4,7-9,15,19H,1,5-6,10-14,16H2,2-3H3,(H,22,23);1H. The van der Waals surface area contributed by atoms with Crippen molar-refractivity contribution in [2.75, 3.05) is 53.5 Å². The van der Waals surface area contributed by atoms with Crippen molar-refractivity contribution < 1.29 is 4.74 Å². The maximum absolute atomic E-state index is 6.24. The first-order valence-electron chi connectivity index (χ1n) is 9.25. The molecule has 7 heteroatoms. The number of hydrogen-bond donors (Lipinski definition) is 1. The van der Waals surface area contributed by atoms with Gasteiger partial charge in [-0.3, -0.25) is 9.89 Å². The van der Waals surface area contributed by atoms with Gasteiger partial charge in [0.05, 0.1) is 19.3 Å². The highest BCUT2D eigenvalue weighted by atomic mass is 127. The fourth-order valence-corrected chi connectivity index (χ4v) is 3.41. The maximum Gasteiger partial charge on any atom is 0.193 e. The van der Waals surface area contributed by atoms with Gasteiger partial charge in [0.2, 0.25) is 0 Å². The minimum Gasteiger partial charge on any atom is -0.379 e. The molecule has 27 heavy (non-hydrogen) atoms. The summed E-state index contributed by atoms with van der Waals surface area (Å²) in [5, 5.41) is 4.31.